The third-order valence-corrected chi connectivity index (χ3v) is 3.59. The van der Waals surface area contributed by atoms with Crippen LogP contribution in [0.25, 0.3) is 0 Å². The normalized spacial score (nSPS) is 17.2. The third kappa shape index (κ3) is 4.57. The number of pyridine rings is 1. The highest BCUT2D eigenvalue weighted by molar-refractivity contribution is 5.40. The van der Waals surface area contributed by atoms with E-state index in [1.807, 2.05) is 4.90 Å². The van der Waals surface area contributed by atoms with Gasteiger partial charge in [-0.25, -0.2) is 4.98 Å². The average molecular weight is 303 g/mol. The molecule has 118 valence electrons. The molecule has 4 nitrogen and oxygen atoms in total. The maximum absolute atomic E-state index is 12.5. The van der Waals surface area contributed by atoms with Crippen molar-refractivity contribution in [1.29, 1.82) is 0 Å². The first kappa shape index (κ1) is 16.0. The predicted molar refractivity (Wildman–Crippen MR) is 74.4 cm³/mol. The number of hydrogen-bond donors (Lipinski definition) is 0. The minimum atomic E-state index is -4.33. The summed E-state index contributed by atoms with van der Waals surface area (Å²) >= 11 is 0. The highest BCUT2D eigenvalue weighted by Gasteiger charge is 2.31. The molecule has 1 fully saturated rings. The van der Waals surface area contributed by atoms with Crippen molar-refractivity contribution >= 4 is 5.82 Å². The maximum Gasteiger partial charge on any atom is 0.417 e. The molecule has 0 radical (unpaired) electrons. The molecule has 0 aliphatic carbocycles. The van der Waals surface area contributed by atoms with E-state index in [2.05, 4.69) is 9.88 Å². The van der Waals surface area contributed by atoms with E-state index < -0.39 is 11.7 Å². The van der Waals surface area contributed by atoms with E-state index in [1.165, 1.54) is 6.07 Å². The molecule has 21 heavy (non-hydrogen) atoms. The number of piperazine rings is 1. The van der Waals surface area contributed by atoms with Crippen LogP contribution in [0.3, 0.4) is 0 Å². The van der Waals surface area contributed by atoms with E-state index in [1.54, 1.807) is 7.11 Å². The van der Waals surface area contributed by atoms with Gasteiger partial charge in [0.25, 0.3) is 0 Å². The number of methoxy groups -OCH3 is 1. The molecule has 0 spiro atoms. The second-order valence-corrected chi connectivity index (χ2v) is 5.08. The molecule has 1 aromatic heterocycles. The largest absolute Gasteiger partial charge is 0.417 e. The van der Waals surface area contributed by atoms with Crippen LogP contribution in [0, 0.1) is 0 Å². The Balaban J connectivity index is 1.85. The molecule has 2 rings (SSSR count). The van der Waals surface area contributed by atoms with Crippen molar-refractivity contribution in [2.24, 2.45) is 0 Å². The zero-order valence-corrected chi connectivity index (χ0v) is 12.1. The summed E-state index contributed by atoms with van der Waals surface area (Å²) in [5.41, 5.74) is -0.704. The number of halogens is 3. The van der Waals surface area contributed by atoms with E-state index >= 15 is 0 Å². The van der Waals surface area contributed by atoms with Crippen molar-refractivity contribution in [3.05, 3.63) is 23.9 Å². The standard InChI is InChI=1S/C14H20F3N3O/c1-21-10-2-5-19-6-8-20(9-7-19)13-4-3-12(11-18-13)14(15,16)17/h3-4,11H,2,5-10H2,1H3. The minimum Gasteiger partial charge on any atom is -0.385 e. The van der Waals surface area contributed by atoms with Crippen molar-refractivity contribution in [1.82, 2.24) is 9.88 Å². The Morgan fingerprint density at radius 1 is 1.19 bits per heavy atom. The van der Waals surface area contributed by atoms with Crippen molar-refractivity contribution in [3.8, 4) is 0 Å². The summed E-state index contributed by atoms with van der Waals surface area (Å²) < 4.78 is 42.5. The first-order chi connectivity index (χ1) is 10.0. The Morgan fingerprint density at radius 3 is 2.43 bits per heavy atom. The molecule has 0 N–H and O–H groups in total. The molecule has 0 aromatic carbocycles. The van der Waals surface area contributed by atoms with E-state index in [0.717, 1.165) is 58.0 Å². The highest BCUT2D eigenvalue weighted by Crippen LogP contribution is 2.29. The Kier molecular flexibility index (Phi) is 5.41. The van der Waals surface area contributed by atoms with Crippen LogP contribution < -0.4 is 4.90 Å². The molecule has 7 heteroatoms. The Hall–Kier alpha value is -1.34. The van der Waals surface area contributed by atoms with E-state index in [4.69, 9.17) is 4.74 Å². The van der Waals surface area contributed by atoms with E-state index in [9.17, 15) is 13.2 Å². The highest BCUT2D eigenvalue weighted by atomic mass is 19.4. The lowest BCUT2D eigenvalue weighted by Crippen LogP contribution is -2.47. The average Bonchev–Trinajstić information content (AvgIpc) is 2.48. The number of anilines is 1. The van der Waals surface area contributed by atoms with Gasteiger partial charge >= 0.3 is 6.18 Å². The molecule has 0 bridgehead atoms. The van der Waals surface area contributed by atoms with Crippen LogP contribution >= 0.6 is 0 Å². The van der Waals surface area contributed by atoms with Crippen molar-refractivity contribution < 1.29 is 17.9 Å². The number of hydrogen-bond acceptors (Lipinski definition) is 4. The molecule has 1 aromatic rings. The molecule has 0 atom stereocenters. The first-order valence-electron chi connectivity index (χ1n) is 7.00. The fraction of sp³-hybridized carbons (Fsp3) is 0.643. The summed E-state index contributed by atoms with van der Waals surface area (Å²) in [4.78, 5) is 8.29. The summed E-state index contributed by atoms with van der Waals surface area (Å²) in [5, 5.41) is 0. The molecule has 0 saturated carbocycles. The lowest BCUT2D eigenvalue weighted by Gasteiger charge is -2.35. The van der Waals surface area contributed by atoms with Crippen molar-refractivity contribution in [2.45, 2.75) is 12.6 Å². The van der Waals surface area contributed by atoms with Gasteiger partial charge < -0.3 is 9.64 Å². The quantitative estimate of drug-likeness (QED) is 0.780. The van der Waals surface area contributed by atoms with Crippen LogP contribution in [0.4, 0.5) is 19.0 Å². The van der Waals surface area contributed by atoms with Crippen LogP contribution in [0.1, 0.15) is 12.0 Å². The van der Waals surface area contributed by atoms with Gasteiger partial charge in [0.15, 0.2) is 0 Å². The van der Waals surface area contributed by atoms with Gasteiger partial charge in [0.05, 0.1) is 5.56 Å². The summed E-state index contributed by atoms with van der Waals surface area (Å²) in [7, 11) is 1.69. The van der Waals surface area contributed by atoms with Gasteiger partial charge in [-0.3, -0.25) is 4.90 Å². The maximum atomic E-state index is 12.5. The first-order valence-corrected chi connectivity index (χ1v) is 7.00. The fourth-order valence-electron chi connectivity index (χ4n) is 2.37. The second-order valence-electron chi connectivity index (χ2n) is 5.08. The van der Waals surface area contributed by atoms with Crippen LogP contribution in [0.2, 0.25) is 0 Å². The topological polar surface area (TPSA) is 28.6 Å². The number of ether oxygens (including phenoxy) is 1. The fourth-order valence-corrected chi connectivity index (χ4v) is 2.37. The lowest BCUT2D eigenvalue weighted by molar-refractivity contribution is -0.137. The van der Waals surface area contributed by atoms with Crippen molar-refractivity contribution in [3.63, 3.8) is 0 Å². The summed E-state index contributed by atoms with van der Waals surface area (Å²) in [6, 6.07) is 2.54. The lowest BCUT2D eigenvalue weighted by atomic mass is 10.2. The molecule has 1 aliphatic rings. The van der Waals surface area contributed by atoms with Gasteiger partial charge in [0.1, 0.15) is 5.82 Å². The Morgan fingerprint density at radius 2 is 1.90 bits per heavy atom. The molecule has 0 unspecified atom stereocenters. The predicted octanol–water partition coefficient (Wildman–Crippen LogP) is 2.26. The number of alkyl halides is 3. The molecule has 1 saturated heterocycles. The van der Waals surface area contributed by atoms with Gasteiger partial charge in [0, 0.05) is 52.6 Å². The smallest absolute Gasteiger partial charge is 0.385 e. The molecular formula is C14H20F3N3O. The van der Waals surface area contributed by atoms with Crippen LogP contribution in [0.15, 0.2) is 18.3 Å². The molecule has 0 amide bonds. The third-order valence-electron chi connectivity index (χ3n) is 3.59. The van der Waals surface area contributed by atoms with E-state index in [0.29, 0.717) is 5.82 Å². The number of rotatable bonds is 5. The van der Waals surface area contributed by atoms with Crippen LogP contribution in [0.5, 0.6) is 0 Å². The zero-order chi connectivity index (χ0) is 15.3. The molecular weight excluding hydrogens is 283 g/mol. The minimum absolute atomic E-state index is 0.611. The molecule has 1 aliphatic heterocycles. The summed E-state index contributed by atoms with van der Waals surface area (Å²) in [5.74, 6) is 0.611. The van der Waals surface area contributed by atoms with Gasteiger partial charge in [-0.1, -0.05) is 0 Å². The van der Waals surface area contributed by atoms with Gasteiger partial charge in [-0.15, -0.1) is 0 Å². The van der Waals surface area contributed by atoms with Crippen LogP contribution in [-0.4, -0.2) is 56.3 Å². The van der Waals surface area contributed by atoms with Crippen molar-refractivity contribution in [2.75, 3.05) is 51.3 Å². The number of nitrogens with zero attached hydrogens (tertiary/aromatic N) is 3. The van der Waals surface area contributed by atoms with Gasteiger partial charge in [-0.05, 0) is 18.6 Å². The SMILES string of the molecule is COCCCN1CCN(c2ccc(C(F)(F)F)cn2)CC1. The Bertz CT molecular complexity index is 428. The van der Waals surface area contributed by atoms with Gasteiger partial charge in [0.2, 0.25) is 0 Å². The summed E-state index contributed by atoms with van der Waals surface area (Å²) in [6.45, 7) is 5.10. The van der Waals surface area contributed by atoms with E-state index in [-0.39, 0.29) is 0 Å². The second kappa shape index (κ2) is 7.09. The molecule has 2 heterocycles. The monoisotopic (exact) mass is 303 g/mol. The summed E-state index contributed by atoms with van der Waals surface area (Å²) in [6.07, 6.45) is -2.43. The number of aromatic nitrogens is 1. The van der Waals surface area contributed by atoms with Gasteiger partial charge in [-0.2, -0.15) is 13.2 Å². The van der Waals surface area contributed by atoms with Crippen LogP contribution in [-0.2, 0) is 10.9 Å². The zero-order valence-electron chi connectivity index (χ0n) is 12.1. The Labute approximate surface area is 122 Å².